The summed E-state index contributed by atoms with van der Waals surface area (Å²) in [5, 5.41) is 13.8. The Labute approximate surface area is 159 Å². The minimum Gasteiger partial charge on any atom is -0.481 e. The number of hydrogen-bond donors (Lipinski definition) is 1. The maximum atomic E-state index is 14.7. The second-order valence-electron chi connectivity index (χ2n) is 5.53. The molecule has 0 unspecified atom stereocenters. The van der Waals surface area contributed by atoms with Crippen LogP contribution in [0.4, 0.5) is 4.39 Å². The molecule has 0 bridgehead atoms. The van der Waals surface area contributed by atoms with E-state index in [1.165, 1.54) is 25.4 Å². The molecule has 0 saturated heterocycles. The molecular weight excluding hydrogens is 397 g/mol. The lowest BCUT2D eigenvalue weighted by molar-refractivity contribution is 0.390. The summed E-state index contributed by atoms with van der Waals surface area (Å²) in [5.41, 5.74) is 0.461. The van der Waals surface area contributed by atoms with Crippen molar-refractivity contribution in [3.8, 4) is 17.9 Å². The van der Waals surface area contributed by atoms with Gasteiger partial charge in [0, 0.05) is 29.8 Å². The number of halogens is 2. The van der Waals surface area contributed by atoms with Crippen molar-refractivity contribution in [1.29, 1.82) is 5.26 Å². The lowest BCUT2D eigenvalue weighted by atomic mass is 10.2. The fourth-order valence-electron chi connectivity index (χ4n) is 2.65. The monoisotopic (exact) mass is 409 g/mol. The van der Waals surface area contributed by atoms with Gasteiger partial charge in [0.2, 0.25) is 21.9 Å². The predicted octanol–water partition coefficient (Wildman–Crippen LogP) is 2.33. The van der Waals surface area contributed by atoms with Crippen LogP contribution in [0.3, 0.4) is 0 Å². The fraction of sp³-hybridized carbons (Fsp3) is 0.188. The highest BCUT2D eigenvalue weighted by atomic mass is 35.5. The summed E-state index contributed by atoms with van der Waals surface area (Å²) in [5.74, 6) is -0.675. The van der Waals surface area contributed by atoms with E-state index >= 15 is 0 Å². The van der Waals surface area contributed by atoms with Crippen molar-refractivity contribution in [1.82, 2.24) is 14.5 Å². The van der Waals surface area contributed by atoms with Crippen LogP contribution in [0.1, 0.15) is 12.0 Å². The molecule has 0 spiro atoms. The number of benzene rings is 1. The smallest absolute Gasteiger partial charge is 0.240 e. The summed E-state index contributed by atoms with van der Waals surface area (Å²) >= 11 is 5.85. The summed E-state index contributed by atoms with van der Waals surface area (Å²) in [6, 6.07) is 4.61. The van der Waals surface area contributed by atoms with Gasteiger partial charge in [0.05, 0.1) is 23.7 Å². The van der Waals surface area contributed by atoms with Crippen LogP contribution in [0.5, 0.6) is 5.88 Å². The molecule has 0 aliphatic rings. The summed E-state index contributed by atoms with van der Waals surface area (Å²) < 4.78 is 44.8. The highest BCUT2D eigenvalue weighted by Crippen LogP contribution is 2.32. The summed E-state index contributed by atoms with van der Waals surface area (Å²) in [7, 11) is -2.74. The molecule has 2 heterocycles. The van der Waals surface area contributed by atoms with Crippen LogP contribution in [0.25, 0.3) is 16.9 Å². The highest BCUT2D eigenvalue weighted by Gasteiger charge is 2.23. The van der Waals surface area contributed by atoms with Crippen LogP contribution in [-0.4, -0.2) is 30.1 Å². The van der Waals surface area contributed by atoms with Gasteiger partial charge >= 0.3 is 0 Å². The maximum absolute atomic E-state index is 14.7. The van der Waals surface area contributed by atoms with Gasteiger partial charge in [-0.3, -0.25) is 4.57 Å². The Kier molecular flexibility index (Phi) is 5.01. The molecule has 0 radical (unpaired) electrons. The number of nitrogens with two attached hydrogens (primary N) is 1. The Balaban J connectivity index is 2.29. The van der Waals surface area contributed by atoms with E-state index in [2.05, 4.69) is 9.97 Å². The molecule has 27 heavy (non-hydrogen) atoms. The van der Waals surface area contributed by atoms with Crippen LogP contribution in [-0.2, 0) is 16.4 Å². The average molecular weight is 410 g/mol. The largest absolute Gasteiger partial charge is 0.481 e. The molecule has 3 aromatic rings. The highest BCUT2D eigenvalue weighted by molar-refractivity contribution is 7.89. The van der Waals surface area contributed by atoms with Crippen LogP contribution in [0.15, 0.2) is 29.4 Å². The van der Waals surface area contributed by atoms with Crippen LogP contribution in [0.2, 0.25) is 5.02 Å². The number of primary sulfonamides is 1. The molecule has 0 aliphatic heterocycles. The first-order chi connectivity index (χ1) is 12.8. The van der Waals surface area contributed by atoms with Crippen molar-refractivity contribution in [2.24, 2.45) is 5.14 Å². The van der Waals surface area contributed by atoms with E-state index in [1.807, 2.05) is 6.07 Å². The SMILES string of the molecule is COc1nc(-n2cc(S(N)(=O)=O)c3ccc(Cl)c(F)c32)ncc1CCC#N. The zero-order chi connectivity index (χ0) is 19.8. The van der Waals surface area contributed by atoms with E-state index in [4.69, 9.17) is 26.7 Å². The number of fused-ring (bicyclic) bond motifs is 1. The van der Waals surface area contributed by atoms with E-state index in [9.17, 15) is 12.8 Å². The van der Waals surface area contributed by atoms with Gasteiger partial charge in [0.25, 0.3) is 0 Å². The van der Waals surface area contributed by atoms with Crippen molar-refractivity contribution in [3.05, 3.63) is 40.9 Å². The Morgan fingerprint density at radius 1 is 1.44 bits per heavy atom. The van der Waals surface area contributed by atoms with Crippen molar-refractivity contribution in [2.75, 3.05) is 7.11 Å². The Hall–Kier alpha value is -2.74. The number of ether oxygens (including phenoxy) is 1. The number of nitrogens with zero attached hydrogens (tertiary/aromatic N) is 4. The molecule has 2 N–H and O–H groups in total. The number of rotatable bonds is 5. The molecule has 3 rings (SSSR count). The van der Waals surface area contributed by atoms with Gasteiger partial charge < -0.3 is 4.74 Å². The molecule has 0 aliphatic carbocycles. The molecular formula is C16H13ClFN5O3S. The molecule has 2 aromatic heterocycles. The molecule has 0 amide bonds. The first-order valence-electron chi connectivity index (χ1n) is 7.57. The maximum Gasteiger partial charge on any atom is 0.240 e. The third kappa shape index (κ3) is 3.44. The summed E-state index contributed by atoms with van der Waals surface area (Å²) in [6.07, 6.45) is 3.17. The van der Waals surface area contributed by atoms with Gasteiger partial charge in [-0.1, -0.05) is 11.6 Å². The van der Waals surface area contributed by atoms with Crippen molar-refractivity contribution in [2.45, 2.75) is 17.7 Å². The van der Waals surface area contributed by atoms with E-state index < -0.39 is 15.8 Å². The van der Waals surface area contributed by atoms with Gasteiger partial charge in [-0.15, -0.1) is 0 Å². The summed E-state index contributed by atoms with van der Waals surface area (Å²) in [4.78, 5) is 8.06. The van der Waals surface area contributed by atoms with E-state index in [1.54, 1.807) is 0 Å². The quantitative estimate of drug-likeness (QED) is 0.689. The normalized spacial score (nSPS) is 11.5. The Morgan fingerprint density at radius 3 is 2.81 bits per heavy atom. The number of sulfonamides is 1. The molecule has 11 heteroatoms. The number of nitriles is 1. The number of aryl methyl sites for hydroxylation is 1. The zero-order valence-corrected chi connectivity index (χ0v) is 15.6. The predicted molar refractivity (Wildman–Crippen MR) is 95.7 cm³/mol. The minimum atomic E-state index is -4.14. The van der Waals surface area contributed by atoms with E-state index in [0.29, 0.717) is 12.0 Å². The number of hydrogen-bond acceptors (Lipinski definition) is 6. The Morgan fingerprint density at radius 2 is 2.19 bits per heavy atom. The van der Waals surface area contributed by atoms with E-state index in [-0.39, 0.29) is 39.1 Å². The van der Waals surface area contributed by atoms with Gasteiger partial charge in [-0.25, -0.2) is 22.9 Å². The van der Waals surface area contributed by atoms with Gasteiger partial charge in [-0.2, -0.15) is 10.2 Å². The zero-order valence-electron chi connectivity index (χ0n) is 14.0. The molecule has 8 nitrogen and oxygen atoms in total. The molecule has 0 saturated carbocycles. The van der Waals surface area contributed by atoms with Gasteiger partial charge in [0.1, 0.15) is 4.90 Å². The lowest BCUT2D eigenvalue weighted by Gasteiger charge is -2.09. The van der Waals surface area contributed by atoms with Gasteiger partial charge in [0.15, 0.2) is 5.82 Å². The fourth-order valence-corrected chi connectivity index (χ4v) is 3.52. The lowest BCUT2D eigenvalue weighted by Crippen LogP contribution is -2.11. The first-order valence-corrected chi connectivity index (χ1v) is 9.49. The molecule has 0 fully saturated rings. The molecule has 0 atom stereocenters. The van der Waals surface area contributed by atoms with Crippen molar-refractivity contribution < 1.29 is 17.5 Å². The van der Waals surface area contributed by atoms with Gasteiger partial charge in [-0.05, 0) is 18.6 Å². The van der Waals surface area contributed by atoms with Crippen LogP contribution in [0, 0.1) is 17.1 Å². The van der Waals surface area contributed by atoms with Crippen LogP contribution >= 0.6 is 11.6 Å². The third-order valence-corrected chi connectivity index (χ3v) is 5.09. The number of aromatic nitrogens is 3. The molecule has 140 valence electrons. The van der Waals surface area contributed by atoms with E-state index in [0.717, 1.165) is 10.8 Å². The van der Waals surface area contributed by atoms with Crippen molar-refractivity contribution >= 4 is 32.5 Å². The Bertz CT molecular complexity index is 1190. The number of methoxy groups -OCH3 is 1. The standard InChI is InChI=1S/C16H13ClFN5O3S/c1-26-15-9(3-2-6-19)7-21-16(22-15)23-8-12(27(20,24)25)10-4-5-11(17)13(18)14(10)23/h4-5,7-8H,2-3H2,1H3,(H2,20,24,25). The van der Waals surface area contributed by atoms with Crippen LogP contribution < -0.4 is 9.88 Å². The molecule has 1 aromatic carbocycles. The third-order valence-electron chi connectivity index (χ3n) is 3.86. The second kappa shape index (κ2) is 7.11. The van der Waals surface area contributed by atoms with Crippen molar-refractivity contribution in [3.63, 3.8) is 0 Å². The second-order valence-corrected chi connectivity index (χ2v) is 7.47. The topological polar surface area (TPSA) is 124 Å². The first kappa shape index (κ1) is 19.0. The minimum absolute atomic E-state index is 0.0337. The average Bonchev–Trinajstić information content (AvgIpc) is 3.03. The summed E-state index contributed by atoms with van der Waals surface area (Å²) in [6.45, 7) is 0.